The molecule has 0 fully saturated rings. The van der Waals surface area contributed by atoms with Crippen LogP contribution in [0.4, 0.5) is 0 Å². The van der Waals surface area contributed by atoms with Crippen LogP contribution >= 0.6 is 0 Å². The molecule has 0 amide bonds. The molecule has 252 valence electrons. The van der Waals surface area contributed by atoms with Crippen molar-refractivity contribution in [3.8, 4) is 44.5 Å². The Hall–Kier alpha value is -6.44. The second-order valence-electron chi connectivity index (χ2n) is 14.8. The molecule has 1 nitrogen and oxygen atoms in total. The monoisotopic (exact) mass is 678 g/mol. The van der Waals surface area contributed by atoms with Crippen molar-refractivity contribution in [2.45, 2.75) is 25.2 Å². The number of benzene rings is 8. The summed E-state index contributed by atoms with van der Waals surface area (Å²) in [4.78, 5) is 0. The van der Waals surface area contributed by atoms with E-state index in [9.17, 15) is 0 Å². The standard InChI is InChI=1S/C52H38O/c1-52(2)46-23-10-8-19-45(46)50-43(21-13-24-47(50)52)40-16-6-7-18-42(40)49(37-30-26-35(27-31-37)34-14-4-3-5-15-34)38-32-28-36(29-33-38)39-20-12-22-44-41-17-9-11-25-48(41)53-51(39)44/h3-33,49H,1-2H3. The number of hydrogen-bond donors (Lipinski definition) is 0. The Bertz CT molecular complexity index is 2780. The Morgan fingerprint density at radius 2 is 0.943 bits per heavy atom. The predicted octanol–water partition coefficient (Wildman–Crippen LogP) is 14.1. The number of para-hydroxylation sites is 2. The van der Waals surface area contributed by atoms with Crippen LogP contribution in [-0.4, -0.2) is 0 Å². The molecule has 10 rings (SSSR count). The second-order valence-corrected chi connectivity index (χ2v) is 14.8. The van der Waals surface area contributed by atoms with Crippen molar-refractivity contribution >= 4 is 21.9 Å². The summed E-state index contributed by atoms with van der Waals surface area (Å²) < 4.78 is 6.44. The van der Waals surface area contributed by atoms with Crippen LogP contribution in [0.1, 0.15) is 47.6 Å². The molecular formula is C52H38O. The van der Waals surface area contributed by atoms with Gasteiger partial charge < -0.3 is 4.42 Å². The van der Waals surface area contributed by atoms with E-state index < -0.39 is 0 Å². The van der Waals surface area contributed by atoms with Gasteiger partial charge in [0.1, 0.15) is 11.2 Å². The van der Waals surface area contributed by atoms with Crippen LogP contribution in [0.3, 0.4) is 0 Å². The quantitative estimate of drug-likeness (QED) is 0.160. The van der Waals surface area contributed by atoms with Crippen LogP contribution in [0.15, 0.2) is 192 Å². The third-order valence-electron chi connectivity index (χ3n) is 11.5. The third kappa shape index (κ3) is 5.07. The van der Waals surface area contributed by atoms with Crippen LogP contribution in [0, 0.1) is 0 Å². The topological polar surface area (TPSA) is 13.1 Å². The van der Waals surface area contributed by atoms with E-state index in [0.29, 0.717) is 0 Å². The van der Waals surface area contributed by atoms with Gasteiger partial charge in [-0.25, -0.2) is 0 Å². The number of rotatable bonds is 6. The SMILES string of the molecule is CC1(C)c2ccccc2-c2c(-c3ccccc3C(c3ccc(-c4ccccc4)cc3)c3ccc(-c4cccc5c4oc4ccccc45)cc3)cccc21. The van der Waals surface area contributed by atoms with Crippen LogP contribution in [0.2, 0.25) is 0 Å². The first kappa shape index (κ1) is 31.3. The molecule has 1 heterocycles. The highest BCUT2D eigenvalue weighted by molar-refractivity contribution is 6.09. The van der Waals surface area contributed by atoms with E-state index in [1.807, 2.05) is 6.07 Å². The fourth-order valence-electron chi connectivity index (χ4n) is 8.85. The van der Waals surface area contributed by atoms with E-state index in [1.165, 1.54) is 61.2 Å². The molecule has 0 saturated carbocycles. The van der Waals surface area contributed by atoms with Crippen molar-refractivity contribution < 1.29 is 4.42 Å². The average Bonchev–Trinajstić information content (AvgIpc) is 3.71. The molecule has 1 heteroatoms. The van der Waals surface area contributed by atoms with Gasteiger partial charge in [-0.2, -0.15) is 0 Å². The molecule has 9 aromatic rings. The molecule has 0 aliphatic heterocycles. The first-order chi connectivity index (χ1) is 26.1. The molecule has 0 saturated heterocycles. The molecule has 0 spiro atoms. The molecule has 0 N–H and O–H groups in total. The molecule has 0 bridgehead atoms. The number of fused-ring (bicyclic) bond motifs is 6. The average molecular weight is 679 g/mol. The minimum Gasteiger partial charge on any atom is -0.455 e. The minimum atomic E-state index is -0.0674. The first-order valence-electron chi connectivity index (χ1n) is 18.5. The maximum Gasteiger partial charge on any atom is 0.143 e. The minimum absolute atomic E-state index is 0.00702. The normalized spacial score (nSPS) is 13.5. The van der Waals surface area contributed by atoms with Crippen molar-refractivity contribution in [1.29, 1.82) is 0 Å². The Balaban J connectivity index is 1.14. The highest BCUT2D eigenvalue weighted by Crippen LogP contribution is 2.53. The van der Waals surface area contributed by atoms with Crippen LogP contribution < -0.4 is 0 Å². The zero-order chi connectivity index (χ0) is 35.5. The lowest BCUT2D eigenvalue weighted by molar-refractivity contribution is 0.660. The predicted molar refractivity (Wildman–Crippen MR) is 221 cm³/mol. The summed E-state index contributed by atoms with van der Waals surface area (Å²) >= 11 is 0. The van der Waals surface area contributed by atoms with Gasteiger partial charge in [0.15, 0.2) is 0 Å². The van der Waals surface area contributed by atoms with Gasteiger partial charge in [0, 0.05) is 27.7 Å². The van der Waals surface area contributed by atoms with Gasteiger partial charge in [0.2, 0.25) is 0 Å². The van der Waals surface area contributed by atoms with Gasteiger partial charge in [0.05, 0.1) is 0 Å². The van der Waals surface area contributed by atoms with Crippen molar-refractivity contribution in [3.63, 3.8) is 0 Å². The molecule has 8 aromatic carbocycles. The van der Waals surface area contributed by atoms with Crippen molar-refractivity contribution in [2.24, 2.45) is 0 Å². The van der Waals surface area contributed by atoms with Crippen LogP contribution in [0.5, 0.6) is 0 Å². The molecule has 1 aromatic heterocycles. The van der Waals surface area contributed by atoms with E-state index in [0.717, 1.165) is 33.1 Å². The summed E-state index contributed by atoms with van der Waals surface area (Å²) in [5, 5.41) is 2.29. The number of furan rings is 1. The first-order valence-corrected chi connectivity index (χ1v) is 18.5. The molecule has 1 aliphatic rings. The number of hydrogen-bond acceptors (Lipinski definition) is 1. The van der Waals surface area contributed by atoms with E-state index in [1.54, 1.807) is 0 Å². The lowest BCUT2D eigenvalue weighted by Gasteiger charge is -2.25. The van der Waals surface area contributed by atoms with E-state index >= 15 is 0 Å². The van der Waals surface area contributed by atoms with Crippen LogP contribution in [-0.2, 0) is 5.41 Å². The third-order valence-corrected chi connectivity index (χ3v) is 11.5. The van der Waals surface area contributed by atoms with Crippen molar-refractivity contribution in [2.75, 3.05) is 0 Å². The molecular weight excluding hydrogens is 641 g/mol. The van der Waals surface area contributed by atoms with Crippen LogP contribution in [0.25, 0.3) is 66.4 Å². The Kier molecular flexibility index (Phi) is 7.30. The molecule has 1 aliphatic carbocycles. The maximum atomic E-state index is 6.44. The summed E-state index contributed by atoms with van der Waals surface area (Å²) in [5.74, 6) is 0.00702. The fourth-order valence-corrected chi connectivity index (χ4v) is 8.85. The van der Waals surface area contributed by atoms with E-state index in [-0.39, 0.29) is 11.3 Å². The maximum absolute atomic E-state index is 6.44. The van der Waals surface area contributed by atoms with Gasteiger partial charge in [-0.1, -0.05) is 196 Å². The highest BCUT2D eigenvalue weighted by Gasteiger charge is 2.37. The summed E-state index contributed by atoms with van der Waals surface area (Å²) in [5.41, 5.74) is 18.3. The second kappa shape index (κ2) is 12.4. The summed E-state index contributed by atoms with van der Waals surface area (Å²) in [6, 6.07) is 68.6. The van der Waals surface area contributed by atoms with Gasteiger partial charge in [-0.15, -0.1) is 0 Å². The Morgan fingerprint density at radius 1 is 0.396 bits per heavy atom. The lowest BCUT2D eigenvalue weighted by atomic mass is 9.78. The Morgan fingerprint density at radius 3 is 1.74 bits per heavy atom. The highest BCUT2D eigenvalue weighted by atomic mass is 16.3. The van der Waals surface area contributed by atoms with Gasteiger partial charge in [0.25, 0.3) is 0 Å². The van der Waals surface area contributed by atoms with E-state index in [4.69, 9.17) is 4.42 Å². The zero-order valence-electron chi connectivity index (χ0n) is 29.9. The van der Waals surface area contributed by atoms with Crippen molar-refractivity contribution in [1.82, 2.24) is 0 Å². The fraction of sp³-hybridized carbons (Fsp3) is 0.0769. The largest absolute Gasteiger partial charge is 0.455 e. The molecule has 1 atom stereocenters. The summed E-state index contributed by atoms with van der Waals surface area (Å²) in [6.07, 6.45) is 0. The van der Waals surface area contributed by atoms with Gasteiger partial charge in [-0.05, 0) is 72.8 Å². The molecule has 0 radical (unpaired) electrons. The zero-order valence-corrected chi connectivity index (χ0v) is 29.9. The van der Waals surface area contributed by atoms with Crippen molar-refractivity contribution in [3.05, 3.63) is 216 Å². The smallest absolute Gasteiger partial charge is 0.143 e. The van der Waals surface area contributed by atoms with Gasteiger partial charge >= 0.3 is 0 Å². The van der Waals surface area contributed by atoms with Gasteiger partial charge in [-0.3, -0.25) is 0 Å². The summed E-state index contributed by atoms with van der Waals surface area (Å²) in [6.45, 7) is 4.72. The molecule has 1 unspecified atom stereocenters. The summed E-state index contributed by atoms with van der Waals surface area (Å²) in [7, 11) is 0. The lowest BCUT2D eigenvalue weighted by Crippen LogP contribution is -2.14. The Labute approximate surface area is 310 Å². The molecule has 53 heavy (non-hydrogen) atoms. The van der Waals surface area contributed by atoms with E-state index in [2.05, 4.69) is 196 Å².